The Hall–Kier alpha value is -1.36. The van der Waals surface area contributed by atoms with Crippen LogP contribution < -0.4 is 0 Å². The third kappa shape index (κ3) is 2.97. The highest BCUT2D eigenvalue weighted by Crippen LogP contribution is 2.31. The second kappa shape index (κ2) is 5.33. The molecule has 1 saturated heterocycles. The third-order valence-electron chi connectivity index (χ3n) is 4.19. The Bertz CT molecular complexity index is 444. The van der Waals surface area contributed by atoms with Gasteiger partial charge in [0.2, 0.25) is 5.91 Å². The van der Waals surface area contributed by atoms with Crippen molar-refractivity contribution in [2.45, 2.75) is 26.3 Å². The van der Waals surface area contributed by atoms with Crippen molar-refractivity contribution in [3.8, 4) is 0 Å². The van der Waals surface area contributed by atoms with Crippen LogP contribution in [0.1, 0.15) is 18.7 Å². The second-order valence-electron chi connectivity index (χ2n) is 5.61. The van der Waals surface area contributed by atoms with Crippen LogP contribution in [0.4, 0.5) is 0 Å². The van der Waals surface area contributed by atoms with Crippen molar-refractivity contribution in [1.29, 1.82) is 0 Å². The van der Waals surface area contributed by atoms with Gasteiger partial charge in [-0.25, -0.2) is 4.98 Å². The van der Waals surface area contributed by atoms with Gasteiger partial charge in [0.1, 0.15) is 5.82 Å². The molecule has 0 spiro atoms. The molecule has 1 aromatic heterocycles. The SMILES string of the molecule is Cc1nccn1CCN1CCN(C(=O)C2CC2)CC1. The van der Waals surface area contributed by atoms with Gasteiger partial charge >= 0.3 is 0 Å². The maximum atomic E-state index is 12.0. The smallest absolute Gasteiger partial charge is 0.225 e. The number of nitrogens with zero attached hydrogens (tertiary/aromatic N) is 4. The van der Waals surface area contributed by atoms with E-state index in [1.807, 2.05) is 19.3 Å². The molecule has 0 bridgehead atoms. The summed E-state index contributed by atoms with van der Waals surface area (Å²) in [4.78, 5) is 20.7. The van der Waals surface area contributed by atoms with E-state index in [-0.39, 0.29) is 0 Å². The number of imidazole rings is 1. The van der Waals surface area contributed by atoms with Gasteiger partial charge in [-0.05, 0) is 19.8 Å². The van der Waals surface area contributed by atoms with Crippen LogP contribution in [0.25, 0.3) is 0 Å². The highest BCUT2D eigenvalue weighted by atomic mass is 16.2. The second-order valence-corrected chi connectivity index (χ2v) is 5.61. The standard InChI is InChI=1S/C14H22N4O/c1-12-15-4-5-17(12)9-6-16-7-10-18(11-8-16)14(19)13-2-3-13/h4-5,13H,2-3,6-11H2,1H3. The van der Waals surface area contributed by atoms with Crippen LogP contribution in [0.15, 0.2) is 12.4 Å². The van der Waals surface area contributed by atoms with Crippen molar-refractivity contribution in [2.75, 3.05) is 32.7 Å². The number of amides is 1. The van der Waals surface area contributed by atoms with E-state index in [0.717, 1.165) is 57.9 Å². The zero-order valence-electron chi connectivity index (χ0n) is 11.6. The Kier molecular flexibility index (Phi) is 3.55. The first-order valence-electron chi connectivity index (χ1n) is 7.23. The minimum atomic E-state index is 0.361. The summed E-state index contributed by atoms with van der Waals surface area (Å²) in [5.41, 5.74) is 0. The fourth-order valence-electron chi connectivity index (χ4n) is 2.67. The topological polar surface area (TPSA) is 41.4 Å². The van der Waals surface area contributed by atoms with Crippen molar-refractivity contribution >= 4 is 5.91 Å². The lowest BCUT2D eigenvalue weighted by Crippen LogP contribution is -2.49. The molecule has 2 heterocycles. The first-order chi connectivity index (χ1) is 9.24. The Morgan fingerprint density at radius 3 is 2.58 bits per heavy atom. The normalized spacial score (nSPS) is 20.8. The van der Waals surface area contributed by atoms with Crippen molar-refractivity contribution < 1.29 is 4.79 Å². The molecular weight excluding hydrogens is 240 g/mol. The number of piperazine rings is 1. The van der Waals surface area contributed by atoms with Gasteiger partial charge in [-0.15, -0.1) is 0 Å². The number of carbonyl (C=O) groups is 1. The largest absolute Gasteiger partial charge is 0.340 e. The molecule has 1 aromatic rings. The summed E-state index contributed by atoms with van der Waals surface area (Å²) in [6.45, 7) is 7.88. The number of aryl methyl sites for hydroxylation is 1. The molecule has 2 aliphatic rings. The number of hydrogen-bond acceptors (Lipinski definition) is 3. The van der Waals surface area contributed by atoms with Gasteiger partial charge < -0.3 is 9.47 Å². The van der Waals surface area contributed by atoms with Gasteiger partial charge in [0.05, 0.1) is 0 Å². The minimum Gasteiger partial charge on any atom is -0.340 e. The van der Waals surface area contributed by atoms with Crippen molar-refractivity contribution in [1.82, 2.24) is 19.4 Å². The van der Waals surface area contributed by atoms with E-state index < -0.39 is 0 Å². The average Bonchev–Trinajstić information content (AvgIpc) is 3.20. The first-order valence-corrected chi connectivity index (χ1v) is 7.23. The van der Waals surface area contributed by atoms with Crippen LogP contribution in [-0.2, 0) is 11.3 Å². The first kappa shape index (κ1) is 12.7. The molecule has 19 heavy (non-hydrogen) atoms. The van der Waals surface area contributed by atoms with Crippen LogP contribution in [0.2, 0.25) is 0 Å². The summed E-state index contributed by atoms with van der Waals surface area (Å²) in [5, 5.41) is 0. The molecule has 0 aromatic carbocycles. The van der Waals surface area contributed by atoms with E-state index >= 15 is 0 Å². The van der Waals surface area contributed by atoms with Gasteiger partial charge in [0.15, 0.2) is 0 Å². The summed E-state index contributed by atoms with van der Waals surface area (Å²) in [5.74, 6) is 1.83. The number of carbonyl (C=O) groups excluding carboxylic acids is 1. The Balaban J connectivity index is 1.43. The fourth-order valence-corrected chi connectivity index (χ4v) is 2.67. The maximum Gasteiger partial charge on any atom is 0.225 e. The summed E-state index contributed by atoms with van der Waals surface area (Å²) < 4.78 is 2.18. The van der Waals surface area contributed by atoms with E-state index in [1.165, 1.54) is 0 Å². The third-order valence-corrected chi connectivity index (χ3v) is 4.19. The van der Waals surface area contributed by atoms with Gasteiger partial charge in [-0.3, -0.25) is 9.69 Å². The molecule has 0 unspecified atom stereocenters. The predicted octanol–water partition coefficient (Wildman–Crippen LogP) is 0.746. The molecule has 5 heteroatoms. The molecule has 1 aliphatic heterocycles. The Morgan fingerprint density at radius 1 is 1.26 bits per heavy atom. The Morgan fingerprint density at radius 2 is 2.00 bits per heavy atom. The van der Waals surface area contributed by atoms with E-state index in [2.05, 4.69) is 19.4 Å². The molecule has 1 aliphatic carbocycles. The van der Waals surface area contributed by atoms with Gasteiger partial charge in [-0.1, -0.05) is 0 Å². The van der Waals surface area contributed by atoms with Crippen LogP contribution in [0.5, 0.6) is 0 Å². The summed E-state index contributed by atoms with van der Waals surface area (Å²) in [6, 6.07) is 0. The van der Waals surface area contributed by atoms with E-state index in [1.54, 1.807) is 0 Å². The van der Waals surface area contributed by atoms with Crippen LogP contribution in [0, 0.1) is 12.8 Å². The van der Waals surface area contributed by atoms with Crippen LogP contribution in [-0.4, -0.2) is 58.0 Å². The molecule has 5 nitrogen and oxygen atoms in total. The molecule has 3 rings (SSSR count). The van der Waals surface area contributed by atoms with Crippen molar-refractivity contribution in [2.24, 2.45) is 5.92 Å². The van der Waals surface area contributed by atoms with Crippen molar-refractivity contribution in [3.05, 3.63) is 18.2 Å². The number of hydrogen-bond donors (Lipinski definition) is 0. The van der Waals surface area contributed by atoms with Crippen LogP contribution >= 0.6 is 0 Å². The molecule has 0 radical (unpaired) electrons. The molecular formula is C14H22N4O. The van der Waals surface area contributed by atoms with Gasteiger partial charge in [0.25, 0.3) is 0 Å². The maximum absolute atomic E-state index is 12.0. The lowest BCUT2D eigenvalue weighted by atomic mass is 10.2. The fraction of sp³-hybridized carbons (Fsp3) is 0.714. The molecule has 0 N–H and O–H groups in total. The number of aromatic nitrogens is 2. The number of rotatable bonds is 4. The quantitative estimate of drug-likeness (QED) is 0.804. The predicted molar refractivity (Wildman–Crippen MR) is 72.7 cm³/mol. The minimum absolute atomic E-state index is 0.361. The lowest BCUT2D eigenvalue weighted by Gasteiger charge is -2.35. The van der Waals surface area contributed by atoms with E-state index in [4.69, 9.17) is 0 Å². The molecule has 0 atom stereocenters. The zero-order chi connectivity index (χ0) is 13.2. The Labute approximate surface area is 114 Å². The van der Waals surface area contributed by atoms with Gasteiger partial charge in [0, 0.05) is 57.6 Å². The molecule has 2 fully saturated rings. The average molecular weight is 262 g/mol. The highest BCUT2D eigenvalue weighted by Gasteiger charge is 2.34. The summed E-state index contributed by atoms with van der Waals surface area (Å²) >= 11 is 0. The highest BCUT2D eigenvalue weighted by molar-refractivity contribution is 5.81. The summed E-state index contributed by atoms with van der Waals surface area (Å²) in [7, 11) is 0. The monoisotopic (exact) mass is 262 g/mol. The van der Waals surface area contributed by atoms with E-state index in [9.17, 15) is 4.79 Å². The molecule has 1 amide bonds. The van der Waals surface area contributed by atoms with E-state index in [0.29, 0.717) is 11.8 Å². The van der Waals surface area contributed by atoms with Crippen LogP contribution in [0.3, 0.4) is 0 Å². The van der Waals surface area contributed by atoms with Gasteiger partial charge in [-0.2, -0.15) is 0 Å². The van der Waals surface area contributed by atoms with Crippen molar-refractivity contribution in [3.63, 3.8) is 0 Å². The molecule has 104 valence electrons. The zero-order valence-corrected chi connectivity index (χ0v) is 11.6. The molecule has 1 saturated carbocycles. The summed E-state index contributed by atoms with van der Waals surface area (Å²) in [6.07, 6.45) is 6.10. The lowest BCUT2D eigenvalue weighted by molar-refractivity contribution is -0.134.